The van der Waals surface area contributed by atoms with Gasteiger partial charge in [-0.05, 0) is 32.0 Å². The summed E-state index contributed by atoms with van der Waals surface area (Å²) in [5.74, 6) is -0.258. The molecular weight excluding hydrogens is 306 g/mol. The molecule has 0 atom stereocenters. The van der Waals surface area contributed by atoms with Crippen molar-refractivity contribution >= 4 is 11.1 Å². The van der Waals surface area contributed by atoms with E-state index in [1.54, 1.807) is 4.57 Å². The normalized spacial score (nSPS) is 22.4. The standard InChI is InChI=1S/C18H25N3O3/c1-19-8-9-20(14-18(19)6-12-23-13-7-18)10-11-21-15-4-2-3-5-16(15)24-17(21)22/h2-5H,6-14H2,1H3. The van der Waals surface area contributed by atoms with E-state index in [4.69, 9.17) is 9.15 Å². The van der Waals surface area contributed by atoms with Crippen LogP contribution < -0.4 is 5.76 Å². The topological polar surface area (TPSA) is 50.9 Å². The van der Waals surface area contributed by atoms with Crippen molar-refractivity contribution in [3.63, 3.8) is 0 Å². The molecule has 2 aliphatic heterocycles. The molecule has 6 nitrogen and oxygen atoms in total. The number of hydrogen-bond acceptors (Lipinski definition) is 5. The van der Waals surface area contributed by atoms with Crippen LogP contribution in [0.25, 0.3) is 11.1 Å². The van der Waals surface area contributed by atoms with E-state index < -0.39 is 0 Å². The zero-order valence-electron chi connectivity index (χ0n) is 14.2. The Bertz CT molecular complexity index is 760. The summed E-state index contributed by atoms with van der Waals surface area (Å²) in [4.78, 5) is 17.1. The van der Waals surface area contributed by atoms with Crippen LogP contribution in [0.5, 0.6) is 0 Å². The average molecular weight is 331 g/mol. The Kier molecular flexibility index (Phi) is 4.20. The fourth-order valence-corrected chi connectivity index (χ4v) is 4.09. The molecule has 0 amide bonds. The summed E-state index contributed by atoms with van der Waals surface area (Å²) in [6.45, 7) is 6.42. The number of rotatable bonds is 3. The first-order chi connectivity index (χ1) is 11.7. The van der Waals surface area contributed by atoms with E-state index in [0.717, 1.165) is 57.8 Å². The average Bonchev–Trinajstić information content (AvgIpc) is 2.92. The number of para-hydroxylation sites is 2. The number of likely N-dealkylation sites (N-methyl/N-ethyl adjacent to an activating group) is 1. The molecule has 2 aliphatic rings. The van der Waals surface area contributed by atoms with Gasteiger partial charge in [0, 0.05) is 51.5 Å². The van der Waals surface area contributed by atoms with E-state index in [-0.39, 0.29) is 11.3 Å². The molecule has 130 valence electrons. The number of oxazole rings is 1. The van der Waals surface area contributed by atoms with Gasteiger partial charge >= 0.3 is 5.76 Å². The maximum Gasteiger partial charge on any atom is 0.419 e. The van der Waals surface area contributed by atoms with Gasteiger partial charge < -0.3 is 9.15 Å². The highest BCUT2D eigenvalue weighted by molar-refractivity contribution is 5.72. The van der Waals surface area contributed by atoms with Gasteiger partial charge in [0.25, 0.3) is 0 Å². The van der Waals surface area contributed by atoms with Crippen molar-refractivity contribution in [3.8, 4) is 0 Å². The largest absolute Gasteiger partial charge is 0.419 e. The Morgan fingerprint density at radius 1 is 1.12 bits per heavy atom. The predicted molar refractivity (Wildman–Crippen MR) is 92.3 cm³/mol. The Labute approximate surface area is 141 Å². The van der Waals surface area contributed by atoms with E-state index in [0.29, 0.717) is 12.1 Å². The molecule has 2 aromatic rings. The van der Waals surface area contributed by atoms with Crippen molar-refractivity contribution in [2.45, 2.75) is 24.9 Å². The summed E-state index contributed by atoms with van der Waals surface area (Å²) in [6.07, 6.45) is 2.18. The highest BCUT2D eigenvalue weighted by Gasteiger charge is 2.40. The van der Waals surface area contributed by atoms with Crippen molar-refractivity contribution in [1.29, 1.82) is 0 Å². The number of aromatic nitrogens is 1. The van der Waals surface area contributed by atoms with Gasteiger partial charge in [-0.15, -0.1) is 0 Å². The number of nitrogens with zero attached hydrogens (tertiary/aromatic N) is 3. The van der Waals surface area contributed by atoms with E-state index >= 15 is 0 Å². The summed E-state index contributed by atoms with van der Waals surface area (Å²) in [5, 5.41) is 0. The quantitative estimate of drug-likeness (QED) is 0.851. The minimum Gasteiger partial charge on any atom is -0.408 e. The van der Waals surface area contributed by atoms with Gasteiger partial charge in [-0.1, -0.05) is 12.1 Å². The van der Waals surface area contributed by atoms with Crippen molar-refractivity contribution in [2.75, 3.05) is 46.4 Å². The van der Waals surface area contributed by atoms with Gasteiger partial charge in [-0.25, -0.2) is 4.79 Å². The predicted octanol–water partition coefficient (Wildman–Crippen LogP) is 1.39. The molecule has 6 heteroatoms. The lowest BCUT2D eigenvalue weighted by molar-refractivity contribution is -0.0611. The SMILES string of the molecule is CN1CCN(CCn2c(=O)oc3ccccc32)CC12CCOCC2. The molecule has 2 saturated heterocycles. The van der Waals surface area contributed by atoms with Gasteiger partial charge in [0.05, 0.1) is 5.52 Å². The van der Waals surface area contributed by atoms with Crippen molar-refractivity contribution in [1.82, 2.24) is 14.4 Å². The summed E-state index contributed by atoms with van der Waals surface area (Å²) >= 11 is 0. The summed E-state index contributed by atoms with van der Waals surface area (Å²) < 4.78 is 12.6. The first-order valence-corrected chi connectivity index (χ1v) is 8.78. The van der Waals surface area contributed by atoms with E-state index in [1.165, 1.54) is 0 Å². The van der Waals surface area contributed by atoms with Crippen LogP contribution in [0, 0.1) is 0 Å². The third kappa shape index (κ3) is 2.79. The highest BCUT2D eigenvalue weighted by Crippen LogP contribution is 2.30. The van der Waals surface area contributed by atoms with Gasteiger partial charge in [0.1, 0.15) is 0 Å². The van der Waals surface area contributed by atoms with Crippen LogP contribution in [0.1, 0.15) is 12.8 Å². The maximum atomic E-state index is 12.1. The van der Waals surface area contributed by atoms with Crippen LogP contribution in [-0.2, 0) is 11.3 Å². The molecule has 1 aromatic carbocycles. The van der Waals surface area contributed by atoms with E-state index in [9.17, 15) is 4.79 Å². The summed E-state index contributed by atoms with van der Waals surface area (Å²) in [6, 6.07) is 7.63. The Morgan fingerprint density at radius 3 is 2.75 bits per heavy atom. The number of hydrogen-bond donors (Lipinski definition) is 0. The third-order valence-electron chi connectivity index (χ3n) is 5.72. The molecule has 0 N–H and O–H groups in total. The molecular formula is C18H25N3O3. The first kappa shape index (κ1) is 15.9. The number of ether oxygens (including phenoxy) is 1. The molecule has 0 radical (unpaired) electrons. The van der Waals surface area contributed by atoms with Crippen molar-refractivity contribution < 1.29 is 9.15 Å². The summed E-state index contributed by atoms with van der Waals surface area (Å²) in [5.41, 5.74) is 1.79. The fourth-order valence-electron chi connectivity index (χ4n) is 4.09. The number of benzene rings is 1. The van der Waals surface area contributed by atoms with Crippen molar-refractivity contribution in [2.24, 2.45) is 0 Å². The Balaban J connectivity index is 1.47. The molecule has 0 unspecified atom stereocenters. The zero-order chi connectivity index (χ0) is 16.6. The molecule has 4 rings (SSSR count). The Morgan fingerprint density at radius 2 is 1.92 bits per heavy atom. The lowest BCUT2D eigenvalue weighted by Gasteiger charge is -2.51. The van der Waals surface area contributed by atoms with Gasteiger partial charge in [-0.3, -0.25) is 14.4 Å². The number of piperazine rings is 1. The molecule has 1 spiro atoms. The second-order valence-corrected chi connectivity index (χ2v) is 7.02. The lowest BCUT2D eigenvalue weighted by atomic mass is 9.86. The first-order valence-electron chi connectivity index (χ1n) is 8.78. The summed E-state index contributed by atoms with van der Waals surface area (Å²) in [7, 11) is 2.23. The second-order valence-electron chi connectivity index (χ2n) is 7.02. The number of fused-ring (bicyclic) bond motifs is 1. The highest BCUT2D eigenvalue weighted by atomic mass is 16.5. The maximum absolute atomic E-state index is 12.1. The van der Waals surface area contributed by atoms with E-state index in [1.807, 2.05) is 24.3 Å². The lowest BCUT2D eigenvalue weighted by Crippen LogP contribution is -2.63. The van der Waals surface area contributed by atoms with E-state index in [2.05, 4.69) is 16.8 Å². The molecule has 2 fully saturated rings. The van der Waals surface area contributed by atoms with Gasteiger partial charge in [0.15, 0.2) is 5.58 Å². The fraction of sp³-hybridized carbons (Fsp3) is 0.611. The van der Waals surface area contributed by atoms with Gasteiger partial charge in [0.2, 0.25) is 0 Å². The molecule has 0 bridgehead atoms. The van der Waals surface area contributed by atoms with Crippen LogP contribution in [-0.4, -0.2) is 66.3 Å². The molecule has 3 heterocycles. The second kappa shape index (κ2) is 6.35. The third-order valence-corrected chi connectivity index (χ3v) is 5.72. The minimum absolute atomic E-state index is 0.236. The molecule has 0 aliphatic carbocycles. The monoisotopic (exact) mass is 331 g/mol. The van der Waals surface area contributed by atoms with Crippen LogP contribution in [0.2, 0.25) is 0 Å². The van der Waals surface area contributed by atoms with Crippen LogP contribution in [0.3, 0.4) is 0 Å². The van der Waals surface area contributed by atoms with Gasteiger partial charge in [-0.2, -0.15) is 0 Å². The van der Waals surface area contributed by atoms with Crippen LogP contribution in [0.15, 0.2) is 33.5 Å². The molecule has 24 heavy (non-hydrogen) atoms. The van der Waals surface area contributed by atoms with Crippen LogP contribution >= 0.6 is 0 Å². The molecule has 0 saturated carbocycles. The Hall–Kier alpha value is -1.63. The molecule has 1 aromatic heterocycles. The zero-order valence-corrected chi connectivity index (χ0v) is 14.2. The minimum atomic E-state index is -0.258. The van der Waals surface area contributed by atoms with Crippen LogP contribution in [0.4, 0.5) is 0 Å². The smallest absolute Gasteiger partial charge is 0.408 e. The van der Waals surface area contributed by atoms with Crippen molar-refractivity contribution in [3.05, 3.63) is 34.8 Å².